The van der Waals surface area contributed by atoms with Gasteiger partial charge in [-0.2, -0.15) is 0 Å². The Morgan fingerprint density at radius 2 is 1.02 bits per heavy atom. The second-order valence-electron chi connectivity index (χ2n) is 11.3. The average molecular weight is 575 g/mol. The van der Waals surface area contributed by atoms with Crippen molar-refractivity contribution >= 4 is 43.6 Å². The molecule has 0 N–H and O–H groups in total. The van der Waals surface area contributed by atoms with Gasteiger partial charge in [0.05, 0.1) is 11.2 Å². The normalized spacial score (nSPS) is 11.6. The van der Waals surface area contributed by atoms with Gasteiger partial charge in [0.25, 0.3) is 0 Å². The molecule has 0 spiro atoms. The van der Waals surface area contributed by atoms with E-state index in [2.05, 4.69) is 121 Å². The molecule has 7 aromatic carbocycles. The van der Waals surface area contributed by atoms with E-state index in [1.54, 1.807) is 0 Å². The molecule has 9 rings (SSSR count). The predicted molar refractivity (Wildman–Crippen MR) is 186 cm³/mol. The molecular formula is C42H26N2O. The summed E-state index contributed by atoms with van der Waals surface area (Å²) in [6.45, 7) is 0. The Kier molecular flexibility index (Phi) is 5.82. The summed E-state index contributed by atoms with van der Waals surface area (Å²) in [7, 11) is 0. The van der Waals surface area contributed by atoms with E-state index in [1.807, 2.05) is 36.4 Å². The molecule has 9 aromatic rings. The van der Waals surface area contributed by atoms with E-state index in [-0.39, 0.29) is 0 Å². The van der Waals surface area contributed by atoms with Crippen molar-refractivity contribution in [2.24, 2.45) is 0 Å². The molecule has 45 heavy (non-hydrogen) atoms. The first-order valence-electron chi connectivity index (χ1n) is 15.2. The van der Waals surface area contributed by atoms with Crippen molar-refractivity contribution < 1.29 is 4.42 Å². The summed E-state index contributed by atoms with van der Waals surface area (Å²) in [5, 5.41) is 5.71. The maximum Gasteiger partial charge on any atom is 0.160 e. The van der Waals surface area contributed by atoms with E-state index in [0.717, 1.165) is 61.1 Å². The molecule has 0 saturated carbocycles. The number of rotatable bonds is 4. The van der Waals surface area contributed by atoms with Crippen LogP contribution < -0.4 is 0 Å². The number of nitrogens with zero attached hydrogens (tertiary/aromatic N) is 2. The second kappa shape index (κ2) is 10.3. The lowest BCUT2D eigenvalue weighted by Crippen LogP contribution is -1.96. The van der Waals surface area contributed by atoms with Crippen LogP contribution in [0.1, 0.15) is 0 Å². The third-order valence-corrected chi connectivity index (χ3v) is 8.70. The summed E-state index contributed by atoms with van der Waals surface area (Å²) >= 11 is 0. The summed E-state index contributed by atoms with van der Waals surface area (Å²) in [5.41, 5.74) is 10.4. The van der Waals surface area contributed by atoms with E-state index in [9.17, 15) is 0 Å². The van der Waals surface area contributed by atoms with Crippen LogP contribution in [0.2, 0.25) is 0 Å². The van der Waals surface area contributed by atoms with Crippen molar-refractivity contribution in [3.63, 3.8) is 0 Å². The van der Waals surface area contributed by atoms with Crippen molar-refractivity contribution in [2.75, 3.05) is 0 Å². The first-order chi connectivity index (χ1) is 22.3. The third kappa shape index (κ3) is 4.21. The second-order valence-corrected chi connectivity index (χ2v) is 11.3. The first kappa shape index (κ1) is 25.4. The number of para-hydroxylation sites is 1. The van der Waals surface area contributed by atoms with Crippen LogP contribution in [0.15, 0.2) is 162 Å². The van der Waals surface area contributed by atoms with Crippen molar-refractivity contribution in [3.05, 3.63) is 158 Å². The summed E-state index contributed by atoms with van der Waals surface area (Å²) in [5.74, 6) is 0.727. The fraction of sp³-hybridized carbons (Fsp3) is 0. The van der Waals surface area contributed by atoms with Crippen LogP contribution in [0.4, 0.5) is 0 Å². The van der Waals surface area contributed by atoms with Crippen LogP contribution in [0.25, 0.3) is 88.5 Å². The van der Waals surface area contributed by atoms with Gasteiger partial charge in [-0.15, -0.1) is 0 Å². The zero-order valence-corrected chi connectivity index (χ0v) is 24.3. The van der Waals surface area contributed by atoms with Crippen molar-refractivity contribution in [2.45, 2.75) is 0 Å². The Bertz CT molecular complexity index is 2530. The number of aromatic nitrogens is 2. The summed E-state index contributed by atoms with van der Waals surface area (Å²) in [6.07, 6.45) is 0. The van der Waals surface area contributed by atoms with Gasteiger partial charge < -0.3 is 4.42 Å². The van der Waals surface area contributed by atoms with Gasteiger partial charge in [-0.25, -0.2) is 9.97 Å². The molecule has 0 bridgehead atoms. The number of hydrogen-bond acceptors (Lipinski definition) is 3. The van der Waals surface area contributed by atoms with E-state index in [4.69, 9.17) is 14.4 Å². The van der Waals surface area contributed by atoms with Crippen LogP contribution in [-0.4, -0.2) is 9.97 Å². The zero-order valence-electron chi connectivity index (χ0n) is 24.3. The smallest absolute Gasteiger partial charge is 0.160 e. The van der Waals surface area contributed by atoms with Crippen LogP contribution in [0.3, 0.4) is 0 Å². The molecular weight excluding hydrogens is 548 g/mol. The first-order valence-corrected chi connectivity index (χ1v) is 15.2. The SMILES string of the molecule is c1ccc(-c2nc(-c3ccccc3)c3cc(-c4ccc(-c5cccc6oc7ccccc7c56)c5ccccc45)ccc3n2)cc1. The lowest BCUT2D eigenvalue weighted by molar-refractivity contribution is 0.669. The molecule has 0 unspecified atom stereocenters. The van der Waals surface area contributed by atoms with Crippen molar-refractivity contribution in [1.29, 1.82) is 0 Å². The lowest BCUT2D eigenvalue weighted by atomic mass is 9.90. The molecule has 2 aromatic heterocycles. The van der Waals surface area contributed by atoms with E-state index >= 15 is 0 Å². The van der Waals surface area contributed by atoms with E-state index in [1.165, 1.54) is 27.5 Å². The van der Waals surface area contributed by atoms with Gasteiger partial charge in [0.1, 0.15) is 11.2 Å². The third-order valence-electron chi connectivity index (χ3n) is 8.70. The predicted octanol–water partition coefficient (Wildman–Crippen LogP) is 11.4. The lowest BCUT2D eigenvalue weighted by Gasteiger charge is -2.15. The molecule has 2 heterocycles. The van der Waals surface area contributed by atoms with Crippen molar-refractivity contribution in [1.82, 2.24) is 9.97 Å². The molecule has 0 saturated heterocycles. The molecule has 3 nitrogen and oxygen atoms in total. The van der Waals surface area contributed by atoms with Gasteiger partial charge in [-0.3, -0.25) is 0 Å². The van der Waals surface area contributed by atoms with Crippen LogP contribution >= 0.6 is 0 Å². The molecule has 0 atom stereocenters. The molecule has 0 aliphatic carbocycles. The number of hydrogen-bond donors (Lipinski definition) is 0. The van der Waals surface area contributed by atoms with Crippen LogP contribution in [-0.2, 0) is 0 Å². The number of benzene rings is 7. The van der Waals surface area contributed by atoms with Gasteiger partial charge in [0.15, 0.2) is 5.82 Å². The van der Waals surface area contributed by atoms with Crippen LogP contribution in [0.5, 0.6) is 0 Å². The van der Waals surface area contributed by atoms with Crippen molar-refractivity contribution in [3.8, 4) is 44.9 Å². The fourth-order valence-corrected chi connectivity index (χ4v) is 6.61. The maximum atomic E-state index is 6.23. The Labute approximate surface area is 260 Å². The average Bonchev–Trinajstić information content (AvgIpc) is 3.50. The van der Waals surface area contributed by atoms with Gasteiger partial charge in [-0.1, -0.05) is 133 Å². The van der Waals surface area contributed by atoms with Gasteiger partial charge in [-0.05, 0) is 57.3 Å². The van der Waals surface area contributed by atoms with E-state index in [0.29, 0.717) is 0 Å². The van der Waals surface area contributed by atoms with Gasteiger partial charge >= 0.3 is 0 Å². The molecule has 3 heteroatoms. The highest BCUT2D eigenvalue weighted by Crippen LogP contribution is 2.42. The molecule has 0 radical (unpaired) electrons. The van der Waals surface area contributed by atoms with Gasteiger partial charge in [0, 0.05) is 27.3 Å². The summed E-state index contributed by atoms with van der Waals surface area (Å²) < 4.78 is 6.23. The topological polar surface area (TPSA) is 38.9 Å². The minimum atomic E-state index is 0.727. The minimum Gasteiger partial charge on any atom is -0.456 e. The Morgan fingerprint density at radius 3 is 1.82 bits per heavy atom. The molecule has 0 fully saturated rings. The monoisotopic (exact) mass is 574 g/mol. The summed E-state index contributed by atoms with van der Waals surface area (Å²) in [4.78, 5) is 10.1. The quantitative estimate of drug-likeness (QED) is 0.210. The Morgan fingerprint density at radius 1 is 0.378 bits per heavy atom. The molecule has 210 valence electrons. The maximum absolute atomic E-state index is 6.23. The highest BCUT2D eigenvalue weighted by atomic mass is 16.3. The fourth-order valence-electron chi connectivity index (χ4n) is 6.61. The molecule has 0 aliphatic rings. The number of furan rings is 1. The van der Waals surface area contributed by atoms with Gasteiger partial charge in [0.2, 0.25) is 0 Å². The molecule has 0 aliphatic heterocycles. The standard InChI is InChI=1S/C42H26N2O/c1-3-12-27(13-4-1)41-36-26-29(22-25-37(36)43-42(44-41)28-14-5-2-6-15-28)30-23-24-33(32-17-8-7-16-31(30)32)34-19-11-21-39-40(34)35-18-9-10-20-38(35)45-39/h1-26H. The zero-order chi connectivity index (χ0) is 29.7. The Balaban J connectivity index is 1.26. The van der Waals surface area contributed by atoms with E-state index < -0.39 is 0 Å². The summed E-state index contributed by atoms with van der Waals surface area (Å²) in [6, 6.07) is 55.0. The largest absolute Gasteiger partial charge is 0.456 e. The highest BCUT2D eigenvalue weighted by Gasteiger charge is 2.17. The minimum absolute atomic E-state index is 0.727. The Hall–Kier alpha value is -6.06. The van der Waals surface area contributed by atoms with Crippen LogP contribution in [0, 0.1) is 0 Å². The highest BCUT2D eigenvalue weighted by molar-refractivity contribution is 6.16. The number of fused-ring (bicyclic) bond motifs is 5. The molecule has 0 amide bonds.